The van der Waals surface area contributed by atoms with Crippen LogP contribution in [-0.4, -0.2) is 23.6 Å². The first-order chi connectivity index (χ1) is 8.39. The van der Waals surface area contributed by atoms with Crippen LogP contribution in [0.2, 0.25) is 0 Å². The number of rotatable bonds is 2. The summed E-state index contributed by atoms with van der Waals surface area (Å²) in [5, 5.41) is 3.14. The van der Waals surface area contributed by atoms with E-state index in [9.17, 15) is 4.79 Å². The smallest absolute Gasteiger partial charge is 0.337 e. The molecule has 0 amide bonds. The fourth-order valence-electron chi connectivity index (χ4n) is 1.55. The third-order valence-electron chi connectivity index (χ3n) is 2.29. The average Bonchev–Trinajstić information content (AvgIpc) is 2.66. The minimum absolute atomic E-state index is 0.133. The Bertz CT molecular complexity index is 581. The molecule has 0 radical (unpaired) electrons. The highest BCUT2D eigenvalue weighted by Crippen LogP contribution is 2.22. The van der Waals surface area contributed by atoms with E-state index >= 15 is 0 Å². The van der Waals surface area contributed by atoms with Gasteiger partial charge in [0, 0.05) is 5.54 Å². The molecule has 0 atom stereocenters. The molecule has 2 aromatic rings. The Balaban J connectivity index is 2.37. The van der Waals surface area contributed by atoms with Crippen LogP contribution in [0, 0.1) is 0 Å². The van der Waals surface area contributed by atoms with Gasteiger partial charge >= 0.3 is 5.97 Å². The third-order valence-corrected chi connectivity index (χ3v) is 2.29. The van der Waals surface area contributed by atoms with Crippen LogP contribution >= 0.6 is 0 Å². The number of nitrogens with one attached hydrogen (secondary N) is 1. The lowest BCUT2D eigenvalue weighted by Gasteiger charge is -2.18. The highest BCUT2D eigenvalue weighted by atomic mass is 16.5. The number of benzene rings is 1. The molecule has 1 aromatic carbocycles. The third kappa shape index (κ3) is 2.61. The molecule has 0 aliphatic heterocycles. The minimum Gasteiger partial charge on any atom is -0.465 e. The van der Waals surface area contributed by atoms with Crippen molar-refractivity contribution in [3.05, 3.63) is 23.8 Å². The summed E-state index contributed by atoms with van der Waals surface area (Å²) in [4.78, 5) is 15.7. The molecular formula is C13H16N2O3. The van der Waals surface area contributed by atoms with E-state index in [-0.39, 0.29) is 11.5 Å². The topological polar surface area (TPSA) is 64.4 Å². The summed E-state index contributed by atoms with van der Waals surface area (Å²) in [6.07, 6.45) is 0. The number of oxazole rings is 1. The zero-order chi connectivity index (χ0) is 13.3. The van der Waals surface area contributed by atoms with Crippen molar-refractivity contribution in [1.29, 1.82) is 0 Å². The van der Waals surface area contributed by atoms with Gasteiger partial charge in [0.1, 0.15) is 5.52 Å². The lowest BCUT2D eigenvalue weighted by molar-refractivity contribution is 0.0601. The van der Waals surface area contributed by atoms with Gasteiger partial charge in [-0.05, 0) is 39.0 Å². The lowest BCUT2D eigenvalue weighted by Crippen LogP contribution is -2.26. The molecule has 0 saturated carbocycles. The predicted octanol–water partition coefficient (Wildman–Crippen LogP) is 2.82. The van der Waals surface area contributed by atoms with Gasteiger partial charge in [-0.2, -0.15) is 4.98 Å². The second kappa shape index (κ2) is 4.33. The van der Waals surface area contributed by atoms with Gasteiger partial charge in [-0.25, -0.2) is 4.79 Å². The van der Waals surface area contributed by atoms with Crippen LogP contribution in [0.4, 0.5) is 6.01 Å². The monoisotopic (exact) mass is 248 g/mol. The molecule has 0 fully saturated rings. The summed E-state index contributed by atoms with van der Waals surface area (Å²) in [6, 6.07) is 5.46. The van der Waals surface area contributed by atoms with Crippen LogP contribution in [0.1, 0.15) is 31.1 Å². The molecule has 1 N–H and O–H groups in total. The van der Waals surface area contributed by atoms with E-state index in [1.54, 1.807) is 18.2 Å². The lowest BCUT2D eigenvalue weighted by atomic mass is 10.1. The number of aromatic nitrogens is 1. The normalized spacial score (nSPS) is 11.6. The van der Waals surface area contributed by atoms with Gasteiger partial charge in [0.2, 0.25) is 0 Å². The molecule has 0 bridgehead atoms. The summed E-state index contributed by atoms with van der Waals surface area (Å²) < 4.78 is 10.2. The number of carbonyl (C=O) groups is 1. The first-order valence-corrected chi connectivity index (χ1v) is 5.66. The molecule has 2 rings (SSSR count). The van der Waals surface area contributed by atoms with E-state index in [0.717, 1.165) is 0 Å². The molecule has 96 valence electrons. The Morgan fingerprint density at radius 3 is 2.72 bits per heavy atom. The summed E-state index contributed by atoms with van der Waals surface area (Å²) in [5.74, 6) is -0.384. The first-order valence-electron chi connectivity index (χ1n) is 5.66. The molecule has 0 saturated heterocycles. The van der Waals surface area contributed by atoms with Crippen LogP contribution in [0.15, 0.2) is 22.6 Å². The SMILES string of the molecule is COC(=O)c1ccc2oc(NC(C)(C)C)nc2c1. The van der Waals surface area contributed by atoms with E-state index < -0.39 is 0 Å². The fourth-order valence-corrected chi connectivity index (χ4v) is 1.55. The van der Waals surface area contributed by atoms with Crippen LogP contribution in [-0.2, 0) is 4.74 Å². The Morgan fingerprint density at radius 2 is 2.11 bits per heavy atom. The van der Waals surface area contributed by atoms with Gasteiger partial charge in [0.25, 0.3) is 6.01 Å². The van der Waals surface area contributed by atoms with Gasteiger partial charge in [-0.1, -0.05) is 0 Å². The van der Waals surface area contributed by atoms with Crippen molar-refractivity contribution in [3.8, 4) is 0 Å². The number of nitrogens with zero attached hydrogens (tertiary/aromatic N) is 1. The Morgan fingerprint density at radius 1 is 1.39 bits per heavy atom. The van der Waals surface area contributed by atoms with Crippen molar-refractivity contribution >= 4 is 23.1 Å². The average molecular weight is 248 g/mol. The highest BCUT2D eigenvalue weighted by Gasteiger charge is 2.15. The maximum Gasteiger partial charge on any atom is 0.337 e. The van der Waals surface area contributed by atoms with Gasteiger partial charge < -0.3 is 14.5 Å². The Hall–Kier alpha value is -2.04. The summed E-state index contributed by atoms with van der Waals surface area (Å²) in [7, 11) is 1.35. The van der Waals surface area contributed by atoms with E-state index in [1.165, 1.54) is 7.11 Å². The molecule has 0 spiro atoms. The summed E-state index contributed by atoms with van der Waals surface area (Å²) >= 11 is 0. The number of esters is 1. The molecular weight excluding hydrogens is 232 g/mol. The number of carbonyl (C=O) groups excluding carboxylic acids is 1. The second-order valence-corrected chi connectivity index (χ2v) is 5.07. The van der Waals surface area contributed by atoms with Crippen molar-refractivity contribution in [3.63, 3.8) is 0 Å². The number of hydrogen-bond donors (Lipinski definition) is 1. The highest BCUT2D eigenvalue weighted by molar-refractivity contribution is 5.93. The first kappa shape index (κ1) is 12.4. The molecule has 1 heterocycles. The quantitative estimate of drug-likeness (QED) is 0.828. The van der Waals surface area contributed by atoms with Crippen LogP contribution in [0.5, 0.6) is 0 Å². The molecule has 0 aliphatic rings. The molecule has 1 aromatic heterocycles. The van der Waals surface area contributed by atoms with E-state index in [0.29, 0.717) is 22.7 Å². The molecule has 5 nitrogen and oxygen atoms in total. The number of ether oxygens (including phenoxy) is 1. The van der Waals surface area contributed by atoms with Gasteiger partial charge in [0.15, 0.2) is 5.58 Å². The van der Waals surface area contributed by atoms with E-state index in [4.69, 9.17) is 4.42 Å². The maximum atomic E-state index is 11.4. The van der Waals surface area contributed by atoms with Crippen LogP contribution in [0.25, 0.3) is 11.1 Å². The fraction of sp³-hybridized carbons (Fsp3) is 0.385. The van der Waals surface area contributed by atoms with Crippen molar-refractivity contribution in [2.75, 3.05) is 12.4 Å². The van der Waals surface area contributed by atoms with Crippen molar-refractivity contribution in [2.45, 2.75) is 26.3 Å². The zero-order valence-corrected chi connectivity index (χ0v) is 10.9. The van der Waals surface area contributed by atoms with E-state index in [2.05, 4.69) is 15.0 Å². The number of fused-ring (bicyclic) bond motifs is 1. The van der Waals surface area contributed by atoms with Crippen LogP contribution in [0.3, 0.4) is 0 Å². The van der Waals surface area contributed by atoms with E-state index in [1.807, 2.05) is 20.8 Å². The zero-order valence-electron chi connectivity index (χ0n) is 10.9. The largest absolute Gasteiger partial charge is 0.465 e. The van der Waals surface area contributed by atoms with Gasteiger partial charge in [0.05, 0.1) is 12.7 Å². The minimum atomic E-state index is -0.384. The Labute approximate surface area is 105 Å². The van der Waals surface area contributed by atoms with Gasteiger partial charge in [-0.3, -0.25) is 0 Å². The van der Waals surface area contributed by atoms with Crippen LogP contribution < -0.4 is 5.32 Å². The van der Waals surface area contributed by atoms with Crippen molar-refractivity contribution in [2.24, 2.45) is 0 Å². The molecule has 18 heavy (non-hydrogen) atoms. The summed E-state index contributed by atoms with van der Waals surface area (Å²) in [6.45, 7) is 6.05. The molecule has 5 heteroatoms. The second-order valence-electron chi connectivity index (χ2n) is 5.07. The number of methoxy groups -OCH3 is 1. The molecule has 0 unspecified atom stereocenters. The predicted molar refractivity (Wildman–Crippen MR) is 68.7 cm³/mol. The van der Waals surface area contributed by atoms with Gasteiger partial charge in [-0.15, -0.1) is 0 Å². The maximum absolute atomic E-state index is 11.4. The summed E-state index contributed by atoms with van der Waals surface area (Å²) in [5.41, 5.74) is 1.59. The number of anilines is 1. The Kier molecular flexibility index (Phi) is 2.98. The molecule has 0 aliphatic carbocycles. The van der Waals surface area contributed by atoms with Crippen molar-refractivity contribution in [1.82, 2.24) is 4.98 Å². The number of hydrogen-bond acceptors (Lipinski definition) is 5. The van der Waals surface area contributed by atoms with Crippen molar-refractivity contribution < 1.29 is 13.9 Å². The standard InChI is InChI=1S/C13H16N2O3/c1-13(2,3)15-12-14-9-7-8(11(16)17-4)5-6-10(9)18-12/h5-7H,1-4H3,(H,14,15).